The molecule has 0 amide bonds. The smallest absolute Gasteiger partial charge is 0.305 e. The van der Waals surface area contributed by atoms with Crippen LogP contribution in [-0.4, -0.2) is 25.3 Å². The molecule has 4 nitrogen and oxygen atoms in total. The van der Waals surface area contributed by atoms with Crippen molar-refractivity contribution < 1.29 is 9.53 Å². The van der Waals surface area contributed by atoms with Gasteiger partial charge in [0.25, 0.3) is 0 Å². The van der Waals surface area contributed by atoms with Gasteiger partial charge >= 0.3 is 5.97 Å². The van der Waals surface area contributed by atoms with Crippen LogP contribution >= 0.6 is 0 Å². The molecule has 0 aliphatic heterocycles. The summed E-state index contributed by atoms with van der Waals surface area (Å²) in [6, 6.07) is 1.97. The van der Waals surface area contributed by atoms with Crippen molar-refractivity contribution in [3.63, 3.8) is 0 Å². The van der Waals surface area contributed by atoms with Gasteiger partial charge in [0, 0.05) is 6.42 Å². The van der Waals surface area contributed by atoms with Gasteiger partial charge in [-0.15, -0.1) is 0 Å². The molecule has 0 heterocycles. The van der Waals surface area contributed by atoms with Crippen molar-refractivity contribution in [3.8, 4) is 6.07 Å². The predicted octanol–water partition coefficient (Wildman–Crippen LogP) is 0.922. The Morgan fingerprint density at radius 2 is 2.42 bits per heavy atom. The van der Waals surface area contributed by atoms with Gasteiger partial charge in [0.05, 0.1) is 13.2 Å². The summed E-state index contributed by atoms with van der Waals surface area (Å²) in [5.41, 5.74) is -0.867. The van der Waals surface area contributed by atoms with Crippen molar-refractivity contribution in [3.05, 3.63) is 0 Å². The molecule has 0 saturated carbocycles. The van der Waals surface area contributed by atoms with Crippen molar-refractivity contribution in [1.82, 2.24) is 0 Å². The minimum atomic E-state index is -0.867. The number of hydrogen-bond donors (Lipinski definition) is 0. The van der Waals surface area contributed by atoms with Crippen LogP contribution in [0.2, 0.25) is 0 Å². The van der Waals surface area contributed by atoms with Gasteiger partial charge in [-0.25, -0.2) is 0 Å². The summed E-state index contributed by atoms with van der Waals surface area (Å²) in [7, 11) is 1.31. The van der Waals surface area contributed by atoms with Crippen LogP contribution in [-0.2, 0) is 9.53 Å². The number of nitrogens with zero attached hydrogens (tertiary/aromatic N) is 2. The third kappa shape index (κ3) is 3.15. The number of nitriles is 1. The Labute approximate surface area is 71.9 Å². The quantitative estimate of drug-likeness (QED) is 0.463. The van der Waals surface area contributed by atoms with Crippen LogP contribution in [0.3, 0.4) is 0 Å². The largest absolute Gasteiger partial charge is 0.469 e. The molecule has 0 aromatic rings. The van der Waals surface area contributed by atoms with Crippen LogP contribution in [0, 0.1) is 11.3 Å². The highest BCUT2D eigenvalue weighted by Crippen LogP contribution is 2.15. The van der Waals surface area contributed by atoms with Crippen LogP contribution in [0.5, 0.6) is 0 Å². The Kier molecular flexibility index (Phi) is 3.98. The summed E-state index contributed by atoms with van der Waals surface area (Å²) in [6.07, 6.45) is 0.541. The highest BCUT2D eigenvalue weighted by molar-refractivity contribution is 5.69. The van der Waals surface area contributed by atoms with Crippen LogP contribution in [0.25, 0.3) is 0 Å². The van der Waals surface area contributed by atoms with Gasteiger partial charge in [0.2, 0.25) is 0 Å². The van der Waals surface area contributed by atoms with E-state index < -0.39 is 5.54 Å². The number of esters is 1. The summed E-state index contributed by atoms with van der Waals surface area (Å²) in [4.78, 5) is 14.3. The number of hydrogen-bond acceptors (Lipinski definition) is 4. The lowest BCUT2D eigenvalue weighted by atomic mass is 9.99. The minimum absolute atomic E-state index is 0.194. The van der Waals surface area contributed by atoms with Gasteiger partial charge in [-0.1, -0.05) is 0 Å². The Hall–Kier alpha value is -1.37. The zero-order chi connectivity index (χ0) is 9.61. The van der Waals surface area contributed by atoms with Crippen LogP contribution in [0.4, 0.5) is 0 Å². The van der Waals surface area contributed by atoms with E-state index in [9.17, 15) is 4.79 Å². The van der Waals surface area contributed by atoms with Crippen molar-refractivity contribution in [1.29, 1.82) is 5.26 Å². The van der Waals surface area contributed by atoms with Gasteiger partial charge < -0.3 is 4.74 Å². The normalized spacial score (nSPS) is 14.1. The number of methoxy groups -OCH3 is 1. The van der Waals surface area contributed by atoms with E-state index in [2.05, 4.69) is 16.4 Å². The highest BCUT2D eigenvalue weighted by atomic mass is 16.5. The van der Waals surface area contributed by atoms with E-state index in [1.165, 1.54) is 7.11 Å². The van der Waals surface area contributed by atoms with Crippen molar-refractivity contribution in [2.45, 2.75) is 25.3 Å². The lowest BCUT2D eigenvalue weighted by Crippen LogP contribution is -2.20. The maximum atomic E-state index is 10.7. The van der Waals surface area contributed by atoms with Gasteiger partial charge in [-0.05, 0) is 20.1 Å². The molecule has 1 atom stereocenters. The number of carbonyl (C=O) groups excluding carboxylic acids is 1. The number of rotatable bonds is 4. The maximum Gasteiger partial charge on any atom is 0.305 e. The molecule has 0 fully saturated rings. The van der Waals surface area contributed by atoms with Gasteiger partial charge in [0.15, 0.2) is 0 Å². The molecule has 0 aromatic carbocycles. The monoisotopic (exact) mass is 168 g/mol. The molecule has 0 bridgehead atoms. The second-order valence-corrected chi connectivity index (χ2v) is 2.62. The summed E-state index contributed by atoms with van der Waals surface area (Å²) in [5.74, 6) is -0.333. The molecule has 66 valence electrons. The Balaban J connectivity index is 4.00. The molecule has 0 aliphatic rings. The maximum absolute atomic E-state index is 10.7. The van der Waals surface area contributed by atoms with Crippen molar-refractivity contribution in [2.75, 3.05) is 7.11 Å². The highest BCUT2D eigenvalue weighted by Gasteiger charge is 2.22. The van der Waals surface area contributed by atoms with E-state index in [0.29, 0.717) is 6.42 Å². The average Bonchev–Trinajstić information content (AvgIpc) is 2.13. The summed E-state index contributed by atoms with van der Waals surface area (Å²) >= 11 is 0. The van der Waals surface area contributed by atoms with Crippen LogP contribution in [0.15, 0.2) is 4.99 Å². The van der Waals surface area contributed by atoms with E-state index in [0.717, 1.165) is 0 Å². The van der Waals surface area contributed by atoms with E-state index in [4.69, 9.17) is 5.26 Å². The van der Waals surface area contributed by atoms with E-state index >= 15 is 0 Å². The van der Waals surface area contributed by atoms with E-state index in [-0.39, 0.29) is 12.4 Å². The summed E-state index contributed by atoms with van der Waals surface area (Å²) in [6.45, 7) is 4.91. The molecular formula is C8H12N2O2. The lowest BCUT2D eigenvalue weighted by molar-refractivity contribution is -0.140. The fourth-order valence-corrected chi connectivity index (χ4v) is 0.618. The molecule has 0 aromatic heterocycles. The molecular weight excluding hydrogens is 156 g/mol. The first-order valence-corrected chi connectivity index (χ1v) is 3.54. The molecule has 0 radical (unpaired) electrons. The summed E-state index contributed by atoms with van der Waals surface area (Å²) < 4.78 is 4.42. The molecule has 12 heavy (non-hydrogen) atoms. The van der Waals surface area contributed by atoms with Crippen LogP contribution in [0.1, 0.15) is 19.8 Å². The van der Waals surface area contributed by atoms with Crippen molar-refractivity contribution >= 4 is 12.7 Å². The predicted molar refractivity (Wildman–Crippen MR) is 44.8 cm³/mol. The number of aliphatic imine (C=N–C) groups is 1. The van der Waals surface area contributed by atoms with Crippen LogP contribution < -0.4 is 0 Å². The Bertz CT molecular complexity index is 220. The van der Waals surface area contributed by atoms with Gasteiger partial charge in [-0.2, -0.15) is 5.26 Å². The fraction of sp³-hybridized carbons (Fsp3) is 0.625. The molecule has 0 aliphatic carbocycles. The molecule has 0 saturated heterocycles. The molecule has 1 unspecified atom stereocenters. The average molecular weight is 168 g/mol. The first-order valence-electron chi connectivity index (χ1n) is 3.54. The zero-order valence-electron chi connectivity index (χ0n) is 7.33. The second-order valence-electron chi connectivity index (χ2n) is 2.62. The third-order valence-electron chi connectivity index (χ3n) is 1.63. The first kappa shape index (κ1) is 10.6. The van der Waals surface area contributed by atoms with Gasteiger partial charge in [0.1, 0.15) is 5.54 Å². The van der Waals surface area contributed by atoms with Gasteiger partial charge in [-0.3, -0.25) is 9.79 Å². The molecule has 4 heteroatoms. The second kappa shape index (κ2) is 4.50. The zero-order valence-corrected chi connectivity index (χ0v) is 7.33. The van der Waals surface area contributed by atoms with E-state index in [1.807, 2.05) is 6.07 Å². The fourth-order valence-electron chi connectivity index (χ4n) is 0.618. The Morgan fingerprint density at radius 1 is 1.83 bits per heavy atom. The summed E-state index contributed by atoms with van der Waals surface area (Å²) in [5, 5.41) is 8.64. The molecule has 0 rings (SSSR count). The number of carbonyl (C=O) groups is 1. The Morgan fingerprint density at radius 3 is 2.75 bits per heavy atom. The minimum Gasteiger partial charge on any atom is -0.469 e. The first-order chi connectivity index (χ1) is 5.58. The molecule has 0 N–H and O–H groups in total. The third-order valence-corrected chi connectivity index (χ3v) is 1.63. The van der Waals surface area contributed by atoms with E-state index in [1.54, 1.807) is 6.92 Å². The van der Waals surface area contributed by atoms with Crippen molar-refractivity contribution in [2.24, 2.45) is 4.99 Å². The number of ether oxygens (including phenoxy) is 1. The topological polar surface area (TPSA) is 62.5 Å². The lowest BCUT2D eigenvalue weighted by Gasteiger charge is -2.13. The standard InChI is InChI=1S/C8H12N2O2/c1-8(6-9,10-2)5-4-7(11)12-3/h2,4-5H2,1,3H3. The molecule has 0 spiro atoms. The SMILES string of the molecule is C=NC(C)(C#N)CCC(=O)OC.